The van der Waals surface area contributed by atoms with Gasteiger partial charge < -0.3 is 9.47 Å². The van der Waals surface area contributed by atoms with E-state index in [1.165, 1.54) is 38.5 Å². The lowest BCUT2D eigenvalue weighted by molar-refractivity contribution is -0.0702. The van der Waals surface area contributed by atoms with Gasteiger partial charge in [0.1, 0.15) is 22.6 Å². The third kappa shape index (κ3) is 5.22. The summed E-state index contributed by atoms with van der Waals surface area (Å²) in [6, 6.07) is 9.38. The van der Waals surface area contributed by atoms with Crippen molar-refractivity contribution in [3.63, 3.8) is 0 Å². The molecule has 0 atom stereocenters. The molecule has 28 heavy (non-hydrogen) atoms. The van der Waals surface area contributed by atoms with E-state index in [4.69, 9.17) is 9.47 Å². The predicted molar refractivity (Wildman–Crippen MR) is 91.9 cm³/mol. The third-order valence-corrected chi connectivity index (χ3v) is 3.64. The fourth-order valence-electron chi connectivity index (χ4n) is 2.25. The van der Waals surface area contributed by atoms with Gasteiger partial charge in [-0.2, -0.15) is 26.3 Å². The Hall–Kier alpha value is -3.08. The summed E-state index contributed by atoms with van der Waals surface area (Å²) in [6.45, 7) is 0. The number of hydrogen-bond acceptors (Lipinski definition) is 2. The number of hydrogen-bond donors (Lipinski definition) is 0. The minimum Gasteiger partial charge on any atom is -0.497 e. The molecule has 148 valence electrons. The Morgan fingerprint density at radius 1 is 0.607 bits per heavy atom. The maximum atomic E-state index is 13.4. The molecule has 0 aliphatic rings. The molecule has 2 nitrogen and oxygen atoms in total. The second-order valence-corrected chi connectivity index (χ2v) is 5.45. The quantitative estimate of drug-likeness (QED) is 0.460. The molecule has 0 saturated heterocycles. The van der Waals surface area contributed by atoms with Gasteiger partial charge in [0.05, 0.1) is 14.2 Å². The molecule has 0 heterocycles. The Morgan fingerprint density at radius 2 is 0.893 bits per heavy atom. The average molecular weight is 400 g/mol. The molecule has 0 N–H and O–H groups in total. The first-order valence-corrected chi connectivity index (χ1v) is 7.75. The highest BCUT2D eigenvalue weighted by molar-refractivity contribution is 5.73. The summed E-state index contributed by atoms with van der Waals surface area (Å²) in [5.74, 6) is 0.609. The van der Waals surface area contributed by atoms with E-state index >= 15 is 0 Å². The molecule has 0 fully saturated rings. The van der Waals surface area contributed by atoms with Crippen LogP contribution in [0.5, 0.6) is 11.5 Å². The minimum absolute atomic E-state index is 0.305. The molecular weight excluding hydrogens is 386 g/mol. The Labute approximate surface area is 157 Å². The van der Waals surface area contributed by atoms with Gasteiger partial charge in [-0.05, 0) is 35.4 Å². The number of ether oxygens (including phenoxy) is 2. The van der Waals surface area contributed by atoms with E-state index in [1.807, 2.05) is 0 Å². The molecule has 0 unspecified atom stereocenters. The van der Waals surface area contributed by atoms with Crippen LogP contribution in [0.15, 0.2) is 60.0 Å². The van der Waals surface area contributed by atoms with Crippen molar-refractivity contribution in [2.75, 3.05) is 14.2 Å². The molecule has 0 saturated carbocycles. The van der Waals surface area contributed by atoms with E-state index in [0.717, 1.165) is 24.3 Å². The van der Waals surface area contributed by atoms with Crippen LogP contribution in [0.25, 0.3) is 11.1 Å². The van der Waals surface area contributed by atoms with Crippen LogP contribution in [-0.2, 0) is 0 Å². The molecule has 2 aromatic rings. The first-order chi connectivity index (χ1) is 13.1. The van der Waals surface area contributed by atoms with Gasteiger partial charge >= 0.3 is 12.4 Å². The highest BCUT2D eigenvalue weighted by atomic mass is 19.4. The zero-order chi connectivity index (χ0) is 20.9. The molecule has 0 radical (unpaired) electrons. The van der Waals surface area contributed by atoms with Gasteiger partial charge in [0.15, 0.2) is 0 Å². The van der Waals surface area contributed by atoms with E-state index in [2.05, 4.69) is 0 Å². The SMILES string of the molecule is COc1ccc(C(=C=C=C(c2ccc(OC)cc2)C(F)(F)F)C(F)(F)F)cc1. The van der Waals surface area contributed by atoms with Crippen LogP contribution in [0.3, 0.4) is 0 Å². The number of alkyl halides is 6. The van der Waals surface area contributed by atoms with E-state index in [9.17, 15) is 26.3 Å². The van der Waals surface area contributed by atoms with Gasteiger partial charge in [0.2, 0.25) is 0 Å². The van der Waals surface area contributed by atoms with Crippen molar-refractivity contribution in [3.8, 4) is 11.5 Å². The average Bonchev–Trinajstić information content (AvgIpc) is 2.63. The van der Waals surface area contributed by atoms with Crippen molar-refractivity contribution in [3.05, 3.63) is 71.1 Å². The second-order valence-electron chi connectivity index (χ2n) is 5.45. The topological polar surface area (TPSA) is 18.5 Å². The van der Waals surface area contributed by atoms with Crippen molar-refractivity contribution in [1.29, 1.82) is 0 Å². The standard InChI is InChI=1S/C20H14F6O2/c1-27-15-7-3-13(4-8-15)17(19(21,22)23)11-12-18(20(24,25)26)14-5-9-16(28-2)10-6-14/h3-10H,1-2H3. The van der Waals surface area contributed by atoms with Crippen LogP contribution in [0.4, 0.5) is 26.3 Å². The molecule has 0 aromatic heterocycles. The van der Waals surface area contributed by atoms with E-state index in [-0.39, 0.29) is 11.1 Å². The summed E-state index contributed by atoms with van der Waals surface area (Å²) in [5.41, 5.74) is -0.176. The molecule has 0 spiro atoms. The van der Waals surface area contributed by atoms with Gasteiger partial charge in [-0.15, -0.1) is 0 Å². The zero-order valence-corrected chi connectivity index (χ0v) is 14.7. The van der Waals surface area contributed by atoms with Crippen molar-refractivity contribution in [1.82, 2.24) is 0 Å². The van der Waals surface area contributed by atoms with Crippen molar-refractivity contribution >= 4 is 11.1 Å². The van der Waals surface area contributed by atoms with E-state index in [0.29, 0.717) is 11.5 Å². The number of methoxy groups -OCH3 is 2. The zero-order valence-electron chi connectivity index (χ0n) is 14.7. The van der Waals surface area contributed by atoms with Crippen LogP contribution in [-0.4, -0.2) is 26.6 Å². The monoisotopic (exact) mass is 400 g/mol. The lowest BCUT2D eigenvalue weighted by Gasteiger charge is -2.11. The fourth-order valence-corrected chi connectivity index (χ4v) is 2.25. The number of allylic oxidation sites excluding steroid dienone is 2. The van der Waals surface area contributed by atoms with Crippen molar-refractivity contribution < 1.29 is 35.8 Å². The lowest BCUT2D eigenvalue weighted by atomic mass is 10.0. The highest BCUT2D eigenvalue weighted by Gasteiger charge is 2.37. The van der Waals surface area contributed by atoms with Crippen LogP contribution in [0.2, 0.25) is 0 Å². The van der Waals surface area contributed by atoms with Gasteiger partial charge in [-0.3, -0.25) is 0 Å². The minimum atomic E-state index is -4.93. The van der Waals surface area contributed by atoms with Gasteiger partial charge in [-0.25, -0.2) is 0 Å². The summed E-state index contributed by atoms with van der Waals surface area (Å²) in [7, 11) is 2.67. The molecule has 0 bridgehead atoms. The first-order valence-electron chi connectivity index (χ1n) is 7.75. The Morgan fingerprint density at radius 3 is 1.11 bits per heavy atom. The lowest BCUT2D eigenvalue weighted by Crippen LogP contribution is -2.11. The normalized spacial score (nSPS) is 11.3. The van der Waals surface area contributed by atoms with Crippen LogP contribution in [0.1, 0.15) is 11.1 Å². The van der Waals surface area contributed by atoms with Gasteiger partial charge in [-0.1, -0.05) is 35.7 Å². The Bertz CT molecular complexity index is 832. The molecule has 2 rings (SSSR count). The number of halogens is 6. The second kappa shape index (κ2) is 8.30. The van der Waals surface area contributed by atoms with E-state index in [1.54, 1.807) is 11.5 Å². The predicted octanol–water partition coefficient (Wildman–Crippen LogP) is 6.05. The molecule has 0 aliphatic heterocycles. The summed E-state index contributed by atoms with van der Waals surface area (Å²) in [5, 5.41) is 0. The maximum absolute atomic E-state index is 13.4. The van der Waals surface area contributed by atoms with E-state index < -0.39 is 23.5 Å². The molecule has 2 aromatic carbocycles. The van der Waals surface area contributed by atoms with Crippen LogP contribution >= 0.6 is 0 Å². The van der Waals surface area contributed by atoms with Crippen molar-refractivity contribution in [2.24, 2.45) is 0 Å². The summed E-state index contributed by atoms with van der Waals surface area (Å²) < 4.78 is 89.9. The largest absolute Gasteiger partial charge is 0.497 e. The third-order valence-electron chi connectivity index (χ3n) is 3.64. The first kappa shape index (κ1) is 21.2. The molecule has 8 heteroatoms. The maximum Gasteiger partial charge on any atom is 0.424 e. The molecule has 0 amide bonds. The molecular formula is C20H14F6O2. The van der Waals surface area contributed by atoms with Crippen molar-refractivity contribution in [2.45, 2.75) is 12.4 Å². The fraction of sp³-hybridized carbons (Fsp3) is 0.200. The van der Waals surface area contributed by atoms with Crippen LogP contribution in [0, 0.1) is 0 Å². The smallest absolute Gasteiger partial charge is 0.424 e. The number of rotatable bonds is 4. The Kier molecular flexibility index (Phi) is 6.29. The summed E-state index contributed by atoms with van der Waals surface area (Å²) >= 11 is 0. The summed E-state index contributed by atoms with van der Waals surface area (Å²) in [4.78, 5) is 0. The van der Waals surface area contributed by atoms with Crippen LogP contribution < -0.4 is 9.47 Å². The van der Waals surface area contributed by atoms with Gasteiger partial charge in [0.25, 0.3) is 0 Å². The molecule has 0 aliphatic carbocycles. The van der Waals surface area contributed by atoms with Gasteiger partial charge in [0, 0.05) is 0 Å². The Balaban J connectivity index is 2.72. The number of benzene rings is 2. The highest BCUT2D eigenvalue weighted by Crippen LogP contribution is 2.36. The summed E-state index contributed by atoms with van der Waals surface area (Å²) in [6.07, 6.45) is -9.86.